The second kappa shape index (κ2) is 15.9. The first kappa shape index (κ1) is 22.1. The highest BCUT2D eigenvalue weighted by molar-refractivity contribution is 5.83. The number of rotatable bonds is 7. The van der Waals surface area contributed by atoms with Crippen LogP contribution >= 0.6 is 0 Å². The van der Waals surface area contributed by atoms with Gasteiger partial charge in [-0.25, -0.2) is 4.79 Å². The van der Waals surface area contributed by atoms with Gasteiger partial charge in [-0.1, -0.05) is 21.3 Å². The minimum Gasteiger partial charge on any atom is -0.467 e. The number of nitrogens with one attached hydrogen (secondary N) is 2. The summed E-state index contributed by atoms with van der Waals surface area (Å²) in [7, 11) is 3.20. The van der Waals surface area contributed by atoms with Gasteiger partial charge in [0.1, 0.15) is 6.04 Å². The lowest BCUT2D eigenvalue weighted by molar-refractivity contribution is -0.145. The summed E-state index contributed by atoms with van der Waals surface area (Å²) in [5.74, 6) is -0.589. The third kappa shape index (κ3) is 13.0. The molecule has 0 fully saturated rings. The van der Waals surface area contributed by atoms with Crippen LogP contribution in [-0.4, -0.2) is 38.6 Å². The number of carbonyl (C=O) groups excluding carboxylic acids is 2. The molecule has 0 aromatic heterocycles. The molecule has 0 rings (SSSR count). The van der Waals surface area contributed by atoms with E-state index >= 15 is 0 Å². The van der Waals surface area contributed by atoms with Gasteiger partial charge >= 0.3 is 5.97 Å². The number of ether oxygens (including phenoxy) is 1. The molecule has 0 aromatic rings. The summed E-state index contributed by atoms with van der Waals surface area (Å²) in [5, 5.41) is 5.60. The Bertz CT molecular complexity index is 208. The third-order valence-corrected chi connectivity index (χ3v) is 2.03. The Morgan fingerprint density at radius 1 is 1.22 bits per heavy atom. The van der Waals surface area contributed by atoms with E-state index in [1.165, 1.54) is 14.0 Å². The van der Waals surface area contributed by atoms with E-state index in [0.29, 0.717) is 6.42 Å². The molecule has 0 radical (unpaired) electrons. The van der Waals surface area contributed by atoms with E-state index in [0.717, 1.165) is 19.4 Å². The van der Waals surface area contributed by atoms with E-state index in [9.17, 15) is 9.59 Å². The molecular formula is C13H30N2O3. The van der Waals surface area contributed by atoms with Gasteiger partial charge in [0.25, 0.3) is 0 Å². The quantitative estimate of drug-likeness (QED) is 0.541. The number of unbranched alkanes of at least 4 members (excludes halogenated alkanes) is 1. The minimum atomic E-state index is -0.510. The fourth-order valence-corrected chi connectivity index (χ4v) is 1.29. The lowest BCUT2D eigenvalue weighted by Crippen LogP contribution is -2.40. The monoisotopic (exact) mass is 262 g/mol. The summed E-state index contributed by atoms with van der Waals surface area (Å²) in [4.78, 5) is 22.1. The predicted molar refractivity (Wildman–Crippen MR) is 75.5 cm³/mol. The molecule has 1 atom stereocenters. The fourth-order valence-electron chi connectivity index (χ4n) is 1.29. The molecule has 110 valence electrons. The molecule has 0 heterocycles. The van der Waals surface area contributed by atoms with Crippen LogP contribution in [0.4, 0.5) is 0 Å². The Labute approximate surface area is 112 Å². The molecule has 5 heteroatoms. The predicted octanol–water partition coefficient (Wildman–Crippen LogP) is 1.72. The zero-order chi connectivity index (χ0) is 13.7. The van der Waals surface area contributed by atoms with Crippen molar-refractivity contribution in [3.05, 3.63) is 0 Å². The van der Waals surface area contributed by atoms with Crippen molar-refractivity contribution in [1.82, 2.24) is 10.6 Å². The maximum Gasteiger partial charge on any atom is 0.328 e. The summed E-state index contributed by atoms with van der Waals surface area (Å²) < 4.78 is 4.60. The summed E-state index contributed by atoms with van der Waals surface area (Å²) >= 11 is 0. The van der Waals surface area contributed by atoms with Gasteiger partial charge in [0, 0.05) is 6.92 Å². The Hall–Kier alpha value is -1.10. The van der Waals surface area contributed by atoms with Gasteiger partial charge < -0.3 is 15.4 Å². The standard InChI is InChI=1S/C10H20N2O3.C2H6.CH4/c1-8(13)12-9(10(14)15-3)6-4-5-7-11-2;1-2;/h9,11H,4-7H2,1-3H3,(H,12,13);1-2H3;1H4. The summed E-state index contributed by atoms with van der Waals surface area (Å²) in [6.07, 6.45) is 2.47. The van der Waals surface area contributed by atoms with Crippen molar-refractivity contribution in [2.45, 2.75) is 53.5 Å². The van der Waals surface area contributed by atoms with Crippen LogP contribution in [0.25, 0.3) is 0 Å². The molecule has 0 aromatic carbocycles. The van der Waals surface area contributed by atoms with E-state index in [2.05, 4.69) is 15.4 Å². The van der Waals surface area contributed by atoms with Gasteiger partial charge in [-0.3, -0.25) is 4.79 Å². The molecule has 2 N–H and O–H groups in total. The van der Waals surface area contributed by atoms with Gasteiger partial charge in [0.05, 0.1) is 7.11 Å². The molecule has 0 aliphatic rings. The maximum absolute atomic E-state index is 11.3. The van der Waals surface area contributed by atoms with Crippen molar-refractivity contribution >= 4 is 11.9 Å². The van der Waals surface area contributed by atoms with Gasteiger partial charge in [-0.15, -0.1) is 0 Å². The number of esters is 1. The lowest BCUT2D eigenvalue weighted by atomic mass is 10.1. The molecule has 18 heavy (non-hydrogen) atoms. The van der Waals surface area contributed by atoms with Crippen LogP contribution in [0.3, 0.4) is 0 Å². The molecule has 0 saturated carbocycles. The first-order chi connectivity index (χ1) is 8.11. The van der Waals surface area contributed by atoms with E-state index in [4.69, 9.17) is 0 Å². The molecule has 1 amide bonds. The van der Waals surface area contributed by atoms with Crippen molar-refractivity contribution in [2.75, 3.05) is 20.7 Å². The minimum absolute atomic E-state index is 0. The Kier molecular flexibility index (Phi) is 19.5. The lowest BCUT2D eigenvalue weighted by Gasteiger charge is -2.14. The van der Waals surface area contributed by atoms with Gasteiger partial charge in [0.15, 0.2) is 0 Å². The number of hydrogen-bond acceptors (Lipinski definition) is 4. The topological polar surface area (TPSA) is 67.4 Å². The zero-order valence-corrected chi connectivity index (χ0v) is 11.6. The molecule has 1 unspecified atom stereocenters. The van der Waals surface area contributed by atoms with Crippen molar-refractivity contribution < 1.29 is 14.3 Å². The number of carbonyl (C=O) groups is 2. The summed E-state index contributed by atoms with van der Waals surface area (Å²) in [6.45, 7) is 6.30. The molecule has 5 nitrogen and oxygen atoms in total. The van der Waals surface area contributed by atoms with Gasteiger partial charge in [-0.05, 0) is 32.9 Å². The van der Waals surface area contributed by atoms with Crippen LogP contribution < -0.4 is 10.6 Å². The third-order valence-electron chi connectivity index (χ3n) is 2.03. The summed E-state index contributed by atoms with van der Waals surface area (Å²) in [5.41, 5.74) is 0. The van der Waals surface area contributed by atoms with Crippen molar-refractivity contribution in [1.29, 1.82) is 0 Å². The molecular weight excluding hydrogens is 232 g/mol. The molecule has 0 bridgehead atoms. The van der Waals surface area contributed by atoms with Crippen LogP contribution in [0.2, 0.25) is 0 Å². The Morgan fingerprint density at radius 2 is 1.78 bits per heavy atom. The fraction of sp³-hybridized carbons (Fsp3) is 0.846. The number of amides is 1. The smallest absolute Gasteiger partial charge is 0.328 e. The van der Waals surface area contributed by atoms with Crippen LogP contribution in [-0.2, 0) is 14.3 Å². The average Bonchev–Trinajstić information content (AvgIpc) is 2.34. The van der Waals surface area contributed by atoms with E-state index in [1.54, 1.807) is 0 Å². The molecule has 0 aliphatic carbocycles. The van der Waals surface area contributed by atoms with Crippen LogP contribution in [0.5, 0.6) is 0 Å². The number of hydrogen-bond donors (Lipinski definition) is 2. The zero-order valence-electron chi connectivity index (χ0n) is 11.6. The van der Waals surface area contributed by atoms with Gasteiger partial charge in [-0.2, -0.15) is 0 Å². The van der Waals surface area contributed by atoms with E-state index < -0.39 is 6.04 Å². The van der Waals surface area contributed by atoms with Crippen molar-refractivity contribution in [3.8, 4) is 0 Å². The van der Waals surface area contributed by atoms with Crippen molar-refractivity contribution in [2.24, 2.45) is 0 Å². The highest BCUT2D eigenvalue weighted by Crippen LogP contribution is 2.02. The van der Waals surface area contributed by atoms with E-state index in [-0.39, 0.29) is 19.3 Å². The van der Waals surface area contributed by atoms with E-state index in [1.807, 2.05) is 20.9 Å². The van der Waals surface area contributed by atoms with Crippen LogP contribution in [0.1, 0.15) is 47.5 Å². The first-order valence-corrected chi connectivity index (χ1v) is 6.11. The Morgan fingerprint density at radius 3 is 2.17 bits per heavy atom. The van der Waals surface area contributed by atoms with Gasteiger partial charge in [0.2, 0.25) is 5.91 Å². The SMILES string of the molecule is C.CC.CNCCCCC(NC(C)=O)C(=O)OC. The first-order valence-electron chi connectivity index (χ1n) is 6.11. The molecule has 0 aliphatic heterocycles. The van der Waals surface area contributed by atoms with Crippen LogP contribution in [0.15, 0.2) is 0 Å². The average molecular weight is 262 g/mol. The second-order valence-corrected chi connectivity index (χ2v) is 3.38. The maximum atomic E-state index is 11.3. The van der Waals surface area contributed by atoms with Crippen molar-refractivity contribution in [3.63, 3.8) is 0 Å². The number of methoxy groups -OCH3 is 1. The normalized spacial score (nSPS) is 10.3. The highest BCUT2D eigenvalue weighted by atomic mass is 16.5. The molecule has 0 saturated heterocycles. The summed E-state index contributed by atoms with van der Waals surface area (Å²) in [6, 6.07) is -0.510. The largest absolute Gasteiger partial charge is 0.467 e. The second-order valence-electron chi connectivity index (χ2n) is 3.38. The Balaban J connectivity index is -0.000000709. The molecule has 0 spiro atoms. The van der Waals surface area contributed by atoms with Crippen LogP contribution in [0, 0.1) is 0 Å². The highest BCUT2D eigenvalue weighted by Gasteiger charge is 2.18.